The van der Waals surface area contributed by atoms with Gasteiger partial charge in [0.15, 0.2) is 0 Å². The summed E-state index contributed by atoms with van der Waals surface area (Å²) >= 11 is 0. The van der Waals surface area contributed by atoms with Crippen LogP contribution in [0.25, 0.3) is 0 Å². The molecule has 1 aromatic rings. The first-order chi connectivity index (χ1) is 6.50. The Hall–Kier alpha value is -1.35. The van der Waals surface area contributed by atoms with Crippen LogP contribution in [0.1, 0.15) is 18.1 Å². The zero-order valence-corrected chi connectivity index (χ0v) is 8.79. The normalized spacial score (nSPS) is 12.3. The lowest BCUT2D eigenvalue weighted by Gasteiger charge is -2.10. The Bertz CT molecular complexity index is 345. The Morgan fingerprint density at radius 1 is 1.43 bits per heavy atom. The number of hydrogen-bond donors (Lipinski definition) is 2. The molecule has 3 heteroatoms. The maximum absolute atomic E-state index is 11.3. The molecule has 0 aliphatic carbocycles. The topological polar surface area (TPSA) is 55.1 Å². The molecule has 3 N–H and O–H groups in total. The van der Waals surface area contributed by atoms with Crippen LogP contribution < -0.4 is 11.1 Å². The lowest BCUT2D eigenvalue weighted by Crippen LogP contribution is -2.32. The quantitative estimate of drug-likeness (QED) is 0.747. The van der Waals surface area contributed by atoms with E-state index >= 15 is 0 Å². The molecule has 1 amide bonds. The number of nitrogens with two attached hydrogens (primary N) is 1. The molecular weight excluding hydrogens is 176 g/mol. The van der Waals surface area contributed by atoms with Crippen LogP contribution in [-0.4, -0.2) is 11.9 Å². The maximum atomic E-state index is 11.3. The Labute approximate surface area is 84.3 Å². The van der Waals surface area contributed by atoms with Crippen molar-refractivity contribution in [3.05, 3.63) is 29.3 Å². The molecule has 0 bridgehead atoms. The van der Waals surface area contributed by atoms with Crippen LogP contribution in [0.4, 0.5) is 5.69 Å². The number of aryl methyl sites for hydroxylation is 2. The molecule has 1 aromatic carbocycles. The second-order valence-corrected chi connectivity index (χ2v) is 3.60. The summed E-state index contributed by atoms with van der Waals surface area (Å²) in [5, 5.41) is 2.79. The van der Waals surface area contributed by atoms with E-state index in [9.17, 15) is 4.79 Å². The fourth-order valence-corrected chi connectivity index (χ4v) is 1.12. The number of amides is 1. The standard InChI is InChI=1S/C11H16N2O/c1-7-4-5-8(2)10(6-7)13-11(14)9(3)12/h4-6,9H,12H2,1-3H3,(H,13,14)/t9-/m1/s1. The first-order valence-corrected chi connectivity index (χ1v) is 4.64. The number of rotatable bonds is 2. The van der Waals surface area contributed by atoms with E-state index < -0.39 is 6.04 Å². The summed E-state index contributed by atoms with van der Waals surface area (Å²) in [6.07, 6.45) is 0. The van der Waals surface area contributed by atoms with Crippen molar-refractivity contribution in [1.29, 1.82) is 0 Å². The molecule has 76 valence electrons. The van der Waals surface area contributed by atoms with Gasteiger partial charge >= 0.3 is 0 Å². The van der Waals surface area contributed by atoms with Gasteiger partial charge in [-0.2, -0.15) is 0 Å². The van der Waals surface area contributed by atoms with Crippen molar-refractivity contribution >= 4 is 11.6 Å². The average Bonchev–Trinajstić information content (AvgIpc) is 2.11. The van der Waals surface area contributed by atoms with Crippen molar-refractivity contribution in [2.75, 3.05) is 5.32 Å². The van der Waals surface area contributed by atoms with E-state index in [1.165, 1.54) is 0 Å². The summed E-state index contributed by atoms with van der Waals surface area (Å²) < 4.78 is 0. The van der Waals surface area contributed by atoms with E-state index in [0.29, 0.717) is 0 Å². The van der Waals surface area contributed by atoms with Gasteiger partial charge in [0.2, 0.25) is 5.91 Å². The molecule has 0 heterocycles. The molecule has 3 nitrogen and oxygen atoms in total. The van der Waals surface area contributed by atoms with Gasteiger partial charge < -0.3 is 11.1 Å². The summed E-state index contributed by atoms with van der Waals surface area (Å²) in [5.74, 6) is -0.154. The molecule has 0 aliphatic rings. The maximum Gasteiger partial charge on any atom is 0.241 e. The highest BCUT2D eigenvalue weighted by molar-refractivity contribution is 5.95. The van der Waals surface area contributed by atoms with Crippen molar-refractivity contribution in [2.45, 2.75) is 26.8 Å². The molecular formula is C11H16N2O. The number of anilines is 1. The van der Waals surface area contributed by atoms with E-state index in [-0.39, 0.29) is 5.91 Å². The van der Waals surface area contributed by atoms with Crippen LogP contribution >= 0.6 is 0 Å². The van der Waals surface area contributed by atoms with Crippen molar-refractivity contribution < 1.29 is 4.79 Å². The molecule has 1 rings (SSSR count). The smallest absolute Gasteiger partial charge is 0.241 e. The molecule has 0 radical (unpaired) electrons. The van der Waals surface area contributed by atoms with Crippen molar-refractivity contribution in [3.8, 4) is 0 Å². The van der Waals surface area contributed by atoms with Gasteiger partial charge in [0.1, 0.15) is 0 Å². The number of nitrogens with one attached hydrogen (secondary N) is 1. The number of carbonyl (C=O) groups is 1. The zero-order valence-electron chi connectivity index (χ0n) is 8.79. The third-order valence-electron chi connectivity index (χ3n) is 2.06. The van der Waals surface area contributed by atoms with Crippen molar-refractivity contribution in [3.63, 3.8) is 0 Å². The van der Waals surface area contributed by atoms with E-state index in [2.05, 4.69) is 5.32 Å². The molecule has 14 heavy (non-hydrogen) atoms. The van der Waals surface area contributed by atoms with Gasteiger partial charge in [-0.05, 0) is 38.0 Å². The fourth-order valence-electron chi connectivity index (χ4n) is 1.12. The number of benzene rings is 1. The summed E-state index contributed by atoms with van der Waals surface area (Å²) in [5.41, 5.74) is 8.47. The highest BCUT2D eigenvalue weighted by atomic mass is 16.2. The monoisotopic (exact) mass is 192 g/mol. The Balaban J connectivity index is 2.86. The molecule has 0 spiro atoms. The molecule has 0 aliphatic heterocycles. The van der Waals surface area contributed by atoms with Crippen LogP contribution in [0.5, 0.6) is 0 Å². The molecule has 0 saturated heterocycles. The summed E-state index contributed by atoms with van der Waals surface area (Å²) in [6.45, 7) is 5.61. The molecule has 0 fully saturated rings. The van der Waals surface area contributed by atoms with Crippen LogP contribution in [-0.2, 0) is 4.79 Å². The number of hydrogen-bond acceptors (Lipinski definition) is 2. The van der Waals surface area contributed by atoms with Gasteiger partial charge in [0.05, 0.1) is 6.04 Å². The number of carbonyl (C=O) groups excluding carboxylic acids is 1. The minimum atomic E-state index is -0.477. The lowest BCUT2D eigenvalue weighted by atomic mass is 10.1. The van der Waals surface area contributed by atoms with Crippen LogP contribution in [0.2, 0.25) is 0 Å². The molecule has 1 atom stereocenters. The third-order valence-corrected chi connectivity index (χ3v) is 2.06. The van der Waals surface area contributed by atoms with Gasteiger partial charge in [-0.3, -0.25) is 4.79 Å². The minimum absolute atomic E-state index is 0.154. The Morgan fingerprint density at radius 3 is 2.64 bits per heavy atom. The van der Waals surface area contributed by atoms with Crippen molar-refractivity contribution in [2.24, 2.45) is 5.73 Å². The summed E-state index contributed by atoms with van der Waals surface area (Å²) in [7, 11) is 0. The van der Waals surface area contributed by atoms with Gasteiger partial charge in [0, 0.05) is 5.69 Å². The van der Waals surface area contributed by atoms with Crippen LogP contribution in [0.3, 0.4) is 0 Å². The highest BCUT2D eigenvalue weighted by Gasteiger charge is 2.08. The summed E-state index contributed by atoms with van der Waals surface area (Å²) in [4.78, 5) is 11.3. The average molecular weight is 192 g/mol. The highest BCUT2D eigenvalue weighted by Crippen LogP contribution is 2.16. The third kappa shape index (κ3) is 2.57. The first kappa shape index (κ1) is 10.7. The second kappa shape index (κ2) is 4.24. The van der Waals surface area contributed by atoms with E-state index in [4.69, 9.17) is 5.73 Å². The lowest BCUT2D eigenvalue weighted by molar-refractivity contribution is -0.117. The Kier molecular flexibility index (Phi) is 3.25. The molecule has 0 unspecified atom stereocenters. The van der Waals surface area contributed by atoms with E-state index in [0.717, 1.165) is 16.8 Å². The van der Waals surface area contributed by atoms with Crippen LogP contribution in [0, 0.1) is 13.8 Å². The second-order valence-electron chi connectivity index (χ2n) is 3.60. The zero-order chi connectivity index (χ0) is 10.7. The fraction of sp³-hybridized carbons (Fsp3) is 0.364. The van der Waals surface area contributed by atoms with E-state index in [1.54, 1.807) is 6.92 Å². The van der Waals surface area contributed by atoms with E-state index in [1.807, 2.05) is 32.0 Å². The largest absolute Gasteiger partial charge is 0.324 e. The predicted octanol–water partition coefficient (Wildman–Crippen LogP) is 1.59. The Morgan fingerprint density at radius 2 is 2.07 bits per heavy atom. The van der Waals surface area contributed by atoms with Crippen LogP contribution in [0.15, 0.2) is 18.2 Å². The van der Waals surface area contributed by atoms with Gasteiger partial charge in [-0.1, -0.05) is 12.1 Å². The van der Waals surface area contributed by atoms with Gasteiger partial charge in [-0.25, -0.2) is 0 Å². The van der Waals surface area contributed by atoms with Crippen molar-refractivity contribution in [1.82, 2.24) is 0 Å². The molecule has 0 aromatic heterocycles. The summed E-state index contributed by atoms with van der Waals surface area (Å²) in [6, 6.07) is 5.45. The first-order valence-electron chi connectivity index (χ1n) is 4.64. The SMILES string of the molecule is Cc1ccc(C)c(NC(=O)[C@@H](C)N)c1. The predicted molar refractivity (Wildman–Crippen MR) is 58.2 cm³/mol. The molecule has 0 saturated carbocycles. The van der Waals surface area contributed by atoms with Gasteiger partial charge in [0.25, 0.3) is 0 Å². The minimum Gasteiger partial charge on any atom is -0.324 e. The van der Waals surface area contributed by atoms with Gasteiger partial charge in [-0.15, -0.1) is 0 Å².